The van der Waals surface area contributed by atoms with Crippen LogP contribution < -0.4 is 15.4 Å². The Morgan fingerprint density at radius 3 is 2.20 bits per heavy atom. The number of carbonyl (C=O) groups excluding carboxylic acids is 2. The van der Waals surface area contributed by atoms with Crippen LogP contribution in [-0.4, -0.2) is 42.8 Å². The molecule has 2 amide bonds. The average Bonchev–Trinajstić information content (AvgIpc) is 3.15. The summed E-state index contributed by atoms with van der Waals surface area (Å²) in [5, 5.41) is 14.2. The smallest absolute Gasteiger partial charge is 0.411 e. The van der Waals surface area contributed by atoms with E-state index in [0.29, 0.717) is 5.69 Å². The molecule has 8 nitrogen and oxygen atoms in total. The number of amides is 2. The Kier molecular flexibility index (Phi) is 7.01. The first-order valence-corrected chi connectivity index (χ1v) is 11.2. The van der Waals surface area contributed by atoms with E-state index in [1.165, 1.54) is 19.2 Å². The number of methoxy groups -OCH3 is 1. The highest BCUT2D eigenvalue weighted by atomic mass is 16.5. The lowest BCUT2D eigenvalue weighted by Crippen LogP contribution is -2.34. The molecule has 1 unspecified atom stereocenters. The molecule has 8 heteroatoms. The zero-order valence-corrected chi connectivity index (χ0v) is 19.4. The first-order valence-electron chi connectivity index (χ1n) is 11.2. The van der Waals surface area contributed by atoms with Crippen molar-refractivity contribution in [2.24, 2.45) is 0 Å². The van der Waals surface area contributed by atoms with Crippen LogP contribution in [0.3, 0.4) is 0 Å². The summed E-state index contributed by atoms with van der Waals surface area (Å²) in [6, 6.07) is 20.2. The SMILES string of the molecule is COc1cc(NC(=O)OCC2c3ccccc3-c3ccccc32)ccc1C(=O)NC(C)CC(=O)O. The van der Waals surface area contributed by atoms with E-state index in [0.717, 1.165) is 22.3 Å². The maximum atomic E-state index is 12.6. The second-order valence-corrected chi connectivity index (χ2v) is 8.34. The minimum absolute atomic E-state index is 0.0541. The van der Waals surface area contributed by atoms with Gasteiger partial charge in [-0.1, -0.05) is 48.5 Å². The van der Waals surface area contributed by atoms with Crippen molar-refractivity contribution in [3.8, 4) is 16.9 Å². The molecule has 1 atom stereocenters. The summed E-state index contributed by atoms with van der Waals surface area (Å²) in [6.45, 7) is 1.78. The summed E-state index contributed by atoms with van der Waals surface area (Å²) in [5.41, 5.74) is 5.16. The van der Waals surface area contributed by atoms with Crippen molar-refractivity contribution in [1.29, 1.82) is 0 Å². The molecule has 1 aliphatic carbocycles. The fourth-order valence-electron chi connectivity index (χ4n) is 4.32. The highest BCUT2D eigenvalue weighted by Crippen LogP contribution is 2.44. The quantitative estimate of drug-likeness (QED) is 0.438. The van der Waals surface area contributed by atoms with Crippen LogP contribution in [0, 0.1) is 0 Å². The average molecular weight is 475 g/mol. The van der Waals surface area contributed by atoms with E-state index < -0.39 is 24.0 Å². The molecule has 3 aromatic rings. The molecule has 0 aliphatic heterocycles. The number of hydrogen-bond acceptors (Lipinski definition) is 5. The van der Waals surface area contributed by atoms with Crippen LogP contribution >= 0.6 is 0 Å². The monoisotopic (exact) mass is 474 g/mol. The number of carbonyl (C=O) groups is 3. The van der Waals surface area contributed by atoms with E-state index in [1.807, 2.05) is 36.4 Å². The highest BCUT2D eigenvalue weighted by Gasteiger charge is 2.29. The van der Waals surface area contributed by atoms with Crippen LogP contribution in [0.1, 0.15) is 40.7 Å². The van der Waals surface area contributed by atoms with Crippen LogP contribution in [0.4, 0.5) is 10.5 Å². The standard InChI is InChI=1S/C27H26N2O6/c1-16(13-25(30)31)28-26(32)22-12-11-17(14-24(22)34-2)29-27(33)35-15-23-20-9-5-3-7-18(20)19-8-4-6-10-21(19)23/h3-12,14,16,23H,13,15H2,1-2H3,(H,28,32)(H,29,33)(H,30,31). The number of benzene rings is 3. The highest BCUT2D eigenvalue weighted by molar-refractivity contribution is 5.98. The van der Waals surface area contributed by atoms with Crippen molar-refractivity contribution in [1.82, 2.24) is 5.32 Å². The molecule has 0 saturated carbocycles. The molecule has 3 aromatic carbocycles. The molecular weight excluding hydrogens is 448 g/mol. The molecule has 4 rings (SSSR count). The molecule has 0 spiro atoms. The van der Waals surface area contributed by atoms with Gasteiger partial charge in [-0.05, 0) is 41.3 Å². The molecule has 0 heterocycles. The molecule has 180 valence electrons. The van der Waals surface area contributed by atoms with Gasteiger partial charge in [-0.2, -0.15) is 0 Å². The number of aliphatic carboxylic acids is 1. The predicted molar refractivity (Wildman–Crippen MR) is 131 cm³/mol. The molecule has 0 bridgehead atoms. The van der Waals surface area contributed by atoms with Gasteiger partial charge in [0.05, 0.1) is 19.1 Å². The predicted octanol–water partition coefficient (Wildman–Crippen LogP) is 4.65. The molecule has 3 N–H and O–H groups in total. The van der Waals surface area contributed by atoms with Crippen LogP contribution in [0.25, 0.3) is 11.1 Å². The van der Waals surface area contributed by atoms with Gasteiger partial charge in [-0.25, -0.2) is 4.79 Å². The van der Waals surface area contributed by atoms with Crippen LogP contribution in [0.2, 0.25) is 0 Å². The molecule has 0 saturated heterocycles. The van der Waals surface area contributed by atoms with Crippen molar-refractivity contribution in [3.05, 3.63) is 83.4 Å². The minimum atomic E-state index is -1.01. The van der Waals surface area contributed by atoms with Crippen LogP contribution in [-0.2, 0) is 9.53 Å². The van der Waals surface area contributed by atoms with Gasteiger partial charge < -0.3 is 19.9 Å². The van der Waals surface area contributed by atoms with Crippen molar-refractivity contribution < 1.29 is 29.0 Å². The molecule has 0 fully saturated rings. The number of fused-ring (bicyclic) bond motifs is 3. The van der Waals surface area contributed by atoms with Gasteiger partial charge in [0.1, 0.15) is 12.4 Å². The van der Waals surface area contributed by atoms with E-state index in [2.05, 4.69) is 22.8 Å². The number of hydrogen-bond donors (Lipinski definition) is 3. The first-order chi connectivity index (χ1) is 16.9. The Balaban J connectivity index is 1.41. The Hall–Kier alpha value is -4.33. The number of nitrogens with one attached hydrogen (secondary N) is 2. The Morgan fingerprint density at radius 2 is 1.60 bits per heavy atom. The third-order valence-corrected chi connectivity index (χ3v) is 5.89. The van der Waals surface area contributed by atoms with Gasteiger partial charge >= 0.3 is 12.1 Å². The first kappa shape index (κ1) is 23.8. The summed E-state index contributed by atoms with van der Waals surface area (Å²) in [4.78, 5) is 35.9. The second kappa shape index (κ2) is 10.3. The third kappa shape index (κ3) is 5.27. The van der Waals surface area contributed by atoms with E-state index >= 15 is 0 Å². The maximum Gasteiger partial charge on any atom is 0.411 e. The lowest BCUT2D eigenvalue weighted by Gasteiger charge is -2.16. The summed E-state index contributed by atoms with van der Waals surface area (Å²) < 4.78 is 10.9. The summed E-state index contributed by atoms with van der Waals surface area (Å²) >= 11 is 0. The van der Waals surface area contributed by atoms with Gasteiger partial charge in [0.2, 0.25) is 0 Å². The Labute approximate surface area is 202 Å². The summed E-state index contributed by atoms with van der Waals surface area (Å²) in [7, 11) is 1.41. The van der Waals surface area contributed by atoms with Crippen molar-refractivity contribution >= 4 is 23.7 Å². The van der Waals surface area contributed by atoms with Crippen LogP contribution in [0.5, 0.6) is 5.75 Å². The zero-order chi connectivity index (χ0) is 24.9. The van der Waals surface area contributed by atoms with Gasteiger partial charge in [-0.3, -0.25) is 14.9 Å². The van der Waals surface area contributed by atoms with Gasteiger partial charge in [-0.15, -0.1) is 0 Å². The number of anilines is 1. The third-order valence-electron chi connectivity index (χ3n) is 5.89. The fraction of sp³-hybridized carbons (Fsp3) is 0.222. The molecular formula is C27H26N2O6. The minimum Gasteiger partial charge on any atom is -0.496 e. The second-order valence-electron chi connectivity index (χ2n) is 8.34. The van der Waals surface area contributed by atoms with Crippen LogP contribution in [0.15, 0.2) is 66.7 Å². The molecule has 1 aliphatic rings. The van der Waals surface area contributed by atoms with Crippen molar-refractivity contribution in [2.75, 3.05) is 19.0 Å². The summed E-state index contributed by atoms with van der Waals surface area (Å²) in [6.07, 6.45) is -0.823. The van der Waals surface area contributed by atoms with E-state index in [-0.39, 0.29) is 30.3 Å². The largest absolute Gasteiger partial charge is 0.496 e. The molecule has 35 heavy (non-hydrogen) atoms. The molecule has 0 aromatic heterocycles. The number of rotatable bonds is 8. The number of carboxylic acids is 1. The fourth-order valence-corrected chi connectivity index (χ4v) is 4.32. The van der Waals surface area contributed by atoms with Gasteiger partial charge in [0.25, 0.3) is 5.91 Å². The topological polar surface area (TPSA) is 114 Å². The lowest BCUT2D eigenvalue weighted by atomic mass is 9.98. The molecule has 0 radical (unpaired) electrons. The normalized spacial score (nSPS) is 12.7. The van der Waals surface area contributed by atoms with Gasteiger partial charge in [0.15, 0.2) is 0 Å². The number of carboxylic acid groups (broad SMARTS) is 1. The number of ether oxygens (including phenoxy) is 2. The van der Waals surface area contributed by atoms with E-state index in [4.69, 9.17) is 14.6 Å². The summed E-state index contributed by atoms with van der Waals surface area (Å²) in [5.74, 6) is -1.29. The van der Waals surface area contributed by atoms with E-state index in [1.54, 1.807) is 13.0 Å². The maximum absolute atomic E-state index is 12.6. The van der Waals surface area contributed by atoms with E-state index in [9.17, 15) is 14.4 Å². The zero-order valence-electron chi connectivity index (χ0n) is 19.4. The Morgan fingerprint density at radius 1 is 0.971 bits per heavy atom. The Bertz CT molecular complexity index is 1230. The van der Waals surface area contributed by atoms with Crippen molar-refractivity contribution in [3.63, 3.8) is 0 Å². The lowest BCUT2D eigenvalue weighted by molar-refractivity contribution is -0.137. The van der Waals surface area contributed by atoms with Gasteiger partial charge in [0, 0.05) is 23.7 Å². The van der Waals surface area contributed by atoms with Crippen molar-refractivity contribution in [2.45, 2.75) is 25.3 Å².